The van der Waals surface area contributed by atoms with Gasteiger partial charge in [0, 0.05) is 0 Å². The third-order valence-corrected chi connectivity index (χ3v) is 4.20. The van der Waals surface area contributed by atoms with E-state index in [1.54, 1.807) is 0 Å². The van der Waals surface area contributed by atoms with E-state index < -0.39 is 0 Å². The molecule has 0 saturated heterocycles. The van der Waals surface area contributed by atoms with Gasteiger partial charge in [0.05, 0.1) is 0 Å². The molecule has 1 aromatic rings. The molecule has 17 heavy (non-hydrogen) atoms. The lowest BCUT2D eigenvalue weighted by molar-refractivity contribution is 0.705. The Hall–Kier alpha value is -0.870. The van der Waals surface area contributed by atoms with Crippen LogP contribution in [0.1, 0.15) is 31.4 Å². The van der Waals surface area contributed by atoms with Crippen LogP contribution in [0.25, 0.3) is 0 Å². The first-order valence-electron chi connectivity index (χ1n) is 6.27. The summed E-state index contributed by atoms with van der Waals surface area (Å²) < 4.78 is 0. The summed E-state index contributed by atoms with van der Waals surface area (Å²) in [6, 6.07) is 6.87. The largest absolute Gasteiger partial charge is 0.0736 e. The van der Waals surface area contributed by atoms with E-state index in [0.717, 1.165) is 8.58 Å². The molecule has 1 aliphatic carbocycles. The van der Waals surface area contributed by atoms with Crippen LogP contribution in [0.2, 0.25) is 0 Å². The van der Waals surface area contributed by atoms with Crippen LogP contribution in [0.15, 0.2) is 41.2 Å². The summed E-state index contributed by atoms with van der Waals surface area (Å²) in [6.07, 6.45) is 6.03. The Bertz CT molecular complexity index is 460. The van der Waals surface area contributed by atoms with Crippen LogP contribution in [0.3, 0.4) is 0 Å². The van der Waals surface area contributed by atoms with Crippen LogP contribution in [-0.2, 0) is 0 Å². The molecule has 0 radical (unpaired) electrons. The summed E-state index contributed by atoms with van der Waals surface area (Å²) in [5.74, 6) is 0.702. The number of rotatable bonds is 2. The van der Waals surface area contributed by atoms with Crippen molar-refractivity contribution in [3.8, 4) is 0 Å². The molecule has 0 fully saturated rings. The summed E-state index contributed by atoms with van der Waals surface area (Å²) in [4.78, 5) is 0. The first-order chi connectivity index (χ1) is 8.02. The molecule has 2 unspecified atom stereocenters. The molecule has 0 nitrogen and oxygen atoms in total. The molecule has 0 aliphatic heterocycles. The monoisotopic (exact) mass is 244 g/mol. The highest BCUT2D eigenvalue weighted by atomic mass is 31.1. The van der Waals surface area contributed by atoms with Gasteiger partial charge in [-0.05, 0) is 43.7 Å². The van der Waals surface area contributed by atoms with Crippen molar-refractivity contribution in [2.75, 3.05) is 0 Å². The van der Waals surface area contributed by atoms with E-state index in [-0.39, 0.29) is 0 Å². The van der Waals surface area contributed by atoms with Crippen LogP contribution >= 0.6 is 8.58 Å². The molecular formula is C16H21P. The molecule has 1 aliphatic rings. The zero-order valence-corrected chi connectivity index (χ0v) is 12.2. The van der Waals surface area contributed by atoms with Crippen LogP contribution in [-0.4, -0.2) is 0 Å². The fourth-order valence-electron chi connectivity index (χ4n) is 2.54. The van der Waals surface area contributed by atoms with Crippen molar-refractivity contribution in [1.82, 2.24) is 0 Å². The summed E-state index contributed by atoms with van der Waals surface area (Å²) in [5, 5.41) is 2.97. The molecule has 0 N–H and O–H groups in total. The molecular weight excluding hydrogens is 223 g/mol. The number of benzene rings is 1. The number of allylic oxidation sites excluding steroid dienone is 4. The van der Waals surface area contributed by atoms with Gasteiger partial charge in [0.2, 0.25) is 0 Å². The second-order valence-electron chi connectivity index (χ2n) is 5.30. The van der Waals surface area contributed by atoms with E-state index in [9.17, 15) is 0 Å². The van der Waals surface area contributed by atoms with E-state index in [1.165, 1.54) is 33.7 Å². The third kappa shape index (κ3) is 3.54. The fourth-order valence-corrected chi connectivity index (χ4v) is 4.16. The zero-order valence-electron chi connectivity index (χ0n) is 11.2. The van der Waals surface area contributed by atoms with E-state index in [2.05, 4.69) is 58.0 Å². The van der Waals surface area contributed by atoms with Gasteiger partial charge >= 0.3 is 0 Å². The first-order valence-corrected chi connectivity index (χ1v) is 7.27. The SMILES string of the molecule is CC1=CC(Pc2cc(C)cc(C)c2)=CC(C)C1. The van der Waals surface area contributed by atoms with Gasteiger partial charge in [0.15, 0.2) is 0 Å². The molecule has 1 heteroatoms. The smallest absolute Gasteiger partial charge is 0.0215 e. The second kappa shape index (κ2) is 5.19. The predicted octanol–water partition coefficient (Wildman–Crippen LogP) is 4.48. The standard InChI is InChI=1S/C16H21P/c1-11-5-12(2)8-15(7-11)17-16-9-13(3)6-14(4)10-16/h5,7-10,13,17H,6H2,1-4H3. The van der Waals surface area contributed by atoms with Crippen molar-refractivity contribution >= 4 is 13.9 Å². The highest BCUT2D eigenvalue weighted by molar-refractivity contribution is 7.52. The lowest BCUT2D eigenvalue weighted by Crippen LogP contribution is -2.01. The Morgan fingerprint density at radius 1 is 1.06 bits per heavy atom. The Labute approximate surface area is 107 Å². The summed E-state index contributed by atoms with van der Waals surface area (Å²) >= 11 is 0. The molecule has 2 atom stereocenters. The fraction of sp³-hybridized carbons (Fsp3) is 0.375. The van der Waals surface area contributed by atoms with Gasteiger partial charge in [0.1, 0.15) is 0 Å². The molecule has 2 rings (SSSR count). The van der Waals surface area contributed by atoms with Gasteiger partial charge in [-0.3, -0.25) is 0 Å². The normalized spacial score (nSPS) is 20.6. The van der Waals surface area contributed by atoms with E-state index in [0.29, 0.717) is 5.92 Å². The van der Waals surface area contributed by atoms with E-state index in [4.69, 9.17) is 0 Å². The predicted molar refractivity (Wildman–Crippen MR) is 79.5 cm³/mol. The van der Waals surface area contributed by atoms with Gasteiger partial charge in [-0.1, -0.05) is 62.6 Å². The van der Waals surface area contributed by atoms with Crippen molar-refractivity contribution < 1.29 is 0 Å². The number of hydrogen-bond acceptors (Lipinski definition) is 0. The van der Waals surface area contributed by atoms with Crippen molar-refractivity contribution in [3.05, 3.63) is 52.4 Å². The Morgan fingerprint density at radius 3 is 2.29 bits per heavy atom. The van der Waals surface area contributed by atoms with Gasteiger partial charge in [-0.2, -0.15) is 0 Å². The van der Waals surface area contributed by atoms with E-state index in [1.807, 2.05) is 0 Å². The lowest BCUT2D eigenvalue weighted by Gasteiger charge is -2.16. The third-order valence-electron chi connectivity index (χ3n) is 3.02. The van der Waals surface area contributed by atoms with Crippen LogP contribution in [0.4, 0.5) is 0 Å². The zero-order chi connectivity index (χ0) is 12.4. The van der Waals surface area contributed by atoms with Crippen molar-refractivity contribution in [2.45, 2.75) is 34.1 Å². The molecule has 1 aromatic carbocycles. The Balaban J connectivity index is 2.21. The minimum Gasteiger partial charge on any atom is -0.0736 e. The molecule has 0 saturated carbocycles. The minimum atomic E-state index is 0.702. The van der Waals surface area contributed by atoms with Crippen LogP contribution < -0.4 is 5.30 Å². The summed E-state index contributed by atoms with van der Waals surface area (Å²) in [5.41, 5.74) is 4.27. The van der Waals surface area contributed by atoms with Gasteiger partial charge in [-0.25, -0.2) is 0 Å². The second-order valence-corrected chi connectivity index (χ2v) is 6.70. The van der Waals surface area contributed by atoms with Gasteiger partial charge in [0.25, 0.3) is 0 Å². The van der Waals surface area contributed by atoms with Gasteiger partial charge in [-0.15, -0.1) is 0 Å². The molecule has 0 amide bonds. The minimum absolute atomic E-state index is 0.702. The van der Waals surface area contributed by atoms with Crippen LogP contribution in [0, 0.1) is 19.8 Å². The molecule has 0 heterocycles. The summed E-state index contributed by atoms with van der Waals surface area (Å²) in [7, 11) is 0.803. The van der Waals surface area contributed by atoms with Crippen molar-refractivity contribution in [3.63, 3.8) is 0 Å². The molecule has 0 aromatic heterocycles. The highest BCUT2D eigenvalue weighted by Gasteiger charge is 2.09. The molecule has 90 valence electrons. The molecule has 0 spiro atoms. The maximum absolute atomic E-state index is 2.43. The maximum atomic E-state index is 2.43. The quantitative estimate of drug-likeness (QED) is 0.673. The lowest BCUT2D eigenvalue weighted by atomic mass is 9.97. The maximum Gasteiger partial charge on any atom is -0.0215 e. The molecule has 0 bridgehead atoms. The highest BCUT2D eigenvalue weighted by Crippen LogP contribution is 2.32. The average Bonchev–Trinajstić information content (AvgIpc) is 2.13. The first kappa shape index (κ1) is 12.6. The topological polar surface area (TPSA) is 0 Å². The van der Waals surface area contributed by atoms with Crippen molar-refractivity contribution in [2.24, 2.45) is 5.92 Å². The number of hydrogen-bond donors (Lipinski definition) is 0. The van der Waals surface area contributed by atoms with E-state index >= 15 is 0 Å². The van der Waals surface area contributed by atoms with Gasteiger partial charge < -0.3 is 0 Å². The Morgan fingerprint density at radius 2 is 1.71 bits per heavy atom. The van der Waals surface area contributed by atoms with Crippen molar-refractivity contribution in [1.29, 1.82) is 0 Å². The summed E-state index contributed by atoms with van der Waals surface area (Å²) in [6.45, 7) is 8.91. The Kier molecular flexibility index (Phi) is 3.84. The average molecular weight is 244 g/mol. The van der Waals surface area contributed by atoms with Crippen LogP contribution in [0.5, 0.6) is 0 Å². The number of aryl methyl sites for hydroxylation is 2.